The second kappa shape index (κ2) is 6.71. The normalized spacial score (nSPS) is 10.7. The van der Waals surface area contributed by atoms with Crippen molar-refractivity contribution in [3.8, 4) is 0 Å². The zero-order chi connectivity index (χ0) is 16.1. The zero-order valence-electron chi connectivity index (χ0n) is 12.6. The molecule has 0 spiro atoms. The maximum atomic E-state index is 11.8. The number of hydrogen-bond donors (Lipinski definition) is 2. The van der Waals surface area contributed by atoms with Crippen LogP contribution in [0.4, 0.5) is 5.69 Å². The minimum Gasteiger partial charge on any atom is -0.460 e. The van der Waals surface area contributed by atoms with Gasteiger partial charge in [-0.3, -0.25) is 9.59 Å². The largest absolute Gasteiger partial charge is 0.460 e. The van der Waals surface area contributed by atoms with Gasteiger partial charge in [0.2, 0.25) is 0 Å². The Kier molecular flexibility index (Phi) is 4.73. The highest BCUT2D eigenvalue weighted by Crippen LogP contribution is 2.19. The standard InChI is InChI=1S/C16H17N3O3/c1-10-5-4-6-11(2)14(10)18-15(20)16(21)19-17-9-13-8-7-12(3)22-13/h4-9H,1-3H3,(H,18,20)(H,19,21). The lowest BCUT2D eigenvalue weighted by Gasteiger charge is -2.10. The second-order valence-electron chi connectivity index (χ2n) is 4.87. The fraction of sp³-hybridized carbons (Fsp3) is 0.188. The molecule has 114 valence electrons. The van der Waals surface area contributed by atoms with Crippen LogP contribution in [0.15, 0.2) is 39.9 Å². The first-order valence-corrected chi connectivity index (χ1v) is 6.74. The highest BCUT2D eigenvalue weighted by molar-refractivity contribution is 6.39. The van der Waals surface area contributed by atoms with Gasteiger partial charge in [0.05, 0.1) is 6.21 Å². The van der Waals surface area contributed by atoms with E-state index >= 15 is 0 Å². The first-order chi connectivity index (χ1) is 10.5. The Hall–Kier alpha value is -2.89. The Bertz CT molecular complexity index is 712. The molecule has 22 heavy (non-hydrogen) atoms. The van der Waals surface area contributed by atoms with E-state index in [1.807, 2.05) is 32.0 Å². The van der Waals surface area contributed by atoms with E-state index in [4.69, 9.17) is 4.42 Å². The van der Waals surface area contributed by atoms with Crippen LogP contribution in [0.1, 0.15) is 22.6 Å². The highest BCUT2D eigenvalue weighted by Gasteiger charge is 2.15. The minimum absolute atomic E-state index is 0.493. The van der Waals surface area contributed by atoms with E-state index in [0.717, 1.165) is 16.9 Å². The van der Waals surface area contributed by atoms with Crippen molar-refractivity contribution < 1.29 is 14.0 Å². The smallest absolute Gasteiger partial charge is 0.329 e. The summed E-state index contributed by atoms with van der Waals surface area (Å²) in [5, 5.41) is 6.27. The molecular weight excluding hydrogens is 282 g/mol. The van der Waals surface area contributed by atoms with Crippen molar-refractivity contribution >= 4 is 23.7 Å². The Labute approximate surface area is 128 Å². The number of amides is 2. The number of furan rings is 1. The van der Waals surface area contributed by atoms with Gasteiger partial charge in [-0.1, -0.05) is 18.2 Å². The molecule has 0 aliphatic rings. The number of para-hydroxylation sites is 1. The summed E-state index contributed by atoms with van der Waals surface area (Å²) in [4.78, 5) is 23.5. The molecule has 0 aliphatic carbocycles. The molecule has 6 heteroatoms. The number of carbonyl (C=O) groups excluding carboxylic acids is 2. The van der Waals surface area contributed by atoms with Gasteiger partial charge in [-0.2, -0.15) is 5.10 Å². The van der Waals surface area contributed by atoms with Gasteiger partial charge in [0, 0.05) is 5.69 Å². The summed E-state index contributed by atoms with van der Waals surface area (Å²) in [7, 11) is 0. The first-order valence-electron chi connectivity index (χ1n) is 6.74. The molecule has 2 N–H and O–H groups in total. The van der Waals surface area contributed by atoms with E-state index < -0.39 is 11.8 Å². The molecule has 0 unspecified atom stereocenters. The third-order valence-electron chi connectivity index (χ3n) is 3.04. The Morgan fingerprint density at radius 3 is 2.32 bits per heavy atom. The van der Waals surface area contributed by atoms with Crippen molar-refractivity contribution in [3.63, 3.8) is 0 Å². The third-order valence-corrected chi connectivity index (χ3v) is 3.04. The Morgan fingerprint density at radius 1 is 1.05 bits per heavy atom. The van der Waals surface area contributed by atoms with Crippen LogP contribution in [0.25, 0.3) is 0 Å². The predicted molar refractivity (Wildman–Crippen MR) is 83.7 cm³/mol. The van der Waals surface area contributed by atoms with Crippen LogP contribution < -0.4 is 10.7 Å². The van der Waals surface area contributed by atoms with Gasteiger partial charge in [0.15, 0.2) is 0 Å². The van der Waals surface area contributed by atoms with Gasteiger partial charge in [-0.15, -0.1) is 0 Å². The van der Waals surface area contributed by atoms with E-state index in [-0.39, 0.29) is 0 Å². The third kappa shape index (κ3) is 3.82. The number of rotatable bonds is 3. The van der Waals surface area contributed by atoms with Gasteiger partial charge in [0.25, 0.3) is 0 Å². The maximum Gasteiger partial charge on any atom is 0.329 e. The molecule has 0 saturated heterocycles. The SMILES string of the molecule is Cc1ccc(C=NNC(=O)C(=O)Nc2c(C)cccc2C)o1. The lowest BCUT2D eigenvalue weighted by molar-refractivity contribution is -0.136. The summed E-state index contributed by atoms with van der Waals surface area (Å²) < 4.78 is 5.25. The van der Waals surface area contributed by atoms with Crippen molar-refractivity contribution in [1.82, 2.24) is 5.43 Å². The van der Waals surface area contributed by atoms with Gasteiger partial charge >= 0.3 is 11.8 Å². The fourth-order valence-corrected chi connectivity index (χ4v) is 1.91. The fourth-order valence-electron chi connectivity index (χ4n) is 1.91. The number of hydrazone groups is 1. The number of hydrogen-bond acceptors (Lipinski definition) is 4. The molecular formula is C16H17N3O3. The number of nitrogens with one attached hydrogen (secondary N) is 2. The van der Waals surface area contributed by atoms with Crippen molar-refractivity contribution in [2.24, 2.45) is 5.10 Å². The number of carbonyl (C=O) groups is 2. The molecule has 0 saturated carbocycles. The molecule has 0 atom stereocenters. The Morgan fingerprint density at radius 2 is 1.73 bits per heavy atom. The van der Waals surface area contributed by atoms with Crippen LogP contribution in [-0.4, -0.2) is 18.0 Å². The average molecular weight is 299 g/mol. The maximum absolute atomic E-state index is 11.8. The summed E-state index contributed by atoms with van der Waals surface area (Å²) >= 11 is 0. The van der Waals surface area contributed by atoms with E-state index in [1.165, 1.54) is 6.21 Å². The lowest BCUT2D eigenvalue weighted by Crippen LogP contribution is -2.32. The first kappa shape index (κ1) is 15.5. The van der Waals surface area contributed by atoms with E-state index in [9.17, 15) is 9.59 Å². The predicted octanol–water partition coefficient (Wildman–Crippen LogP) is 2.29. The second-order valence-corrected chi connectivity index (χ2v) is 4.87. The van der Waals surface area contributed by atoms with Gasteiger partial charge < -0.3 is 9.73 Å². The molecule has 1 aromatic heterocycles. The number of benzene rings is 1. The monoisotopic (exact) mass is 299 g/mol. The number of anilines is 1. The van der Waals surface area contributed by atoms with Gasteiger partial charge in [0.1, 0.15) is 11.5 Å². The molecule has 0 aliphatic heterocycles. The van der Waals surface area contributed by atoms with Crippen LogP contribution in [-0.2, 0) is 9.59 Å². The van der Waals surface area contributed by atoms with Crippen molar-refractivity contribution in [3.05, 3.63) is 53.0 Å². The van der Waals surface area contributed by atoms with E-state index in [0.29, 0.717) is 11.4 Å². The number of aryl methyl sites for hydroxylation is 3. The topological polar surface area (TPSA) is 83.7 Å². The van der Waals surface area contributed by atoms with Crippen molar-refractivity contribution in [1.29, 1.82) is 0 Å². The van der Waals surface area contributed by atoms with Crippen LogP contribution in [0.5, 0.6) is 0 Å². The van der Waals surface area contributed by atoms with Crippen molar-refractivity contribution in [2.45, 2.75) is 20.8 Å². The molecule has 0 bridgehead atoms. The van der Waals surface area contributed by atoms with Crippen LogP contribution in [0, 0.1) is 20.8 Å². The zero-order valence-corrected chi connectivity index (χ0v) is 12.6. The summed E-state index contributed by atoms with van der Waals surface area (Å²) in [6.45, 7) is 5.52. The summed E-state index contributed by atoms with van der Waals surface area (Å²) in [5.74, 6) is -0.388. The minimum atomic E-state index is -0.845. The van der Waals surface area contributed by atoms with Crippen molar-refractivity contribution in [2.75, 3.05) is 5.32 Å². The van der Waals surface area contributed by atoms with Crippen LogP contribution in [0.3, 0.4) is 0 Å². The summed E-state index contributed by atoms with van der Waals surface area (Å²) in [5.41, 5.74) is 4.56. The molecule has 6 nitrogen and oxygen atoms in total. The quantitative estimate of drug-likeness (QED) is 0.518. The van der Waals surface area contributed by atoms with Gasteiger partial charge in [-0.25, -0.2) is 5.43 Å². The molecule has 2 aromatic rings. The highest BCUT2D eigenvalue weighted by atomic mass is 16.3. The lowest BCUT2D eigenvalue weighted by atomic mass is 10.1. The van der Waals surface area contributed by atoms with Crippen LogP contribution >= 0.6 is 0 Å². The average Bonchev–Trinajstić information content (AvgIpc) is 2.88. The molecule has 2 rings (SSSR count). The molecule has 2 amide bonds. The van der Waals surface area contributed by atoms with Gasteiger partial charge in [-0.05, 0) is 44.0 Å². The molecule has 0 radical (unpaired) electrons. The molecule has 0 fully saturated rings. The van der Waals surface area contributed by atoms with E-state index in [1.54, 1.807) is 19.1 Å². The van der Waals surface area contributed by atoms with Crippen LogP contribution in [0.2, 0.25) is 0 Å². The molecule has 1 aromatic carbocycles. The summed E-state index contributed by atoms with van der Waals surface area (Å²) in [6.07, 6.45) is 1.33. The summed E-state index contributed by atoms with van der Waals surface area (Å²) in [6, 6.07) is 9.09. The molecule has 1 heterocycles. The Balaban J connectivity index is 1.95. The number of nitrogens with zero attached hydrogens (tertiary/aromatic N) is 1. The van der Waals surface area contributed by atoms with E-state index in [2.05, 4.69) is 15.8 Å².